The van der Waals surface area contributed by atoms with Crippen LogP contribution in [-0.4, -0.2) is 18.9 Å². The van der Waals surface area contributed by atoms with Crippen LogP contribution in [0.2, 0.25) is 0 Å². The van der Waals surface area contributed by atoms with E-state index < -0.39 is 15.6 Å². The molecule has 6 heteroatoms. The molecule has 0 amide bonds. The second kappa shape index (κ2) is 4.77. The molecule has 1 aromatic carbocycles. The average Bonchev–Trinajstić information content (AvgIpc) is 2.26. The summed E-state index contributed by atoms with van der Waals surface area (Å²) in [6.07, 6.45) is 3.17. The fourth-order valence-electron chi connectivity index (χ4n) is 1.84. The quantitative estimate of drug-likeness (QED) is 0.838. The normalized spacial score (nSPS) is 12.8. The smallest absolute Gasteiger partial charge is 0.241 e. The minimum atomic E-state index is -3.59. The first-order valence-corrected chi connectivity index (χ1v) is 7.73. The van der Waals surface area contributed by atoms with Crippen LogP contribution < -0.4 is 4.72 Å². The van der Waals surface area contributed by atoms with E-state index in [2.05, 4.69) is 22.3 Å². The molecule has 0 saturated carbocycles. The largest absolute Gasteiger partial charge is 0.264 e. The third-order valence-electron chi connectivity index (χ3n) is 2.49. The zero-order valence-corrected chi connectivity index (χ0v) is 12.7. The van der Waals surface area contributed by atoms with E-state index >= 15 is 0 Å². The molecule has 0 fully saturated rings. The Morgan fingerprint density at radius 2 is 1.84 bits per heavy atom. The van der Waals surface area contributed by atoms with Gasteiger partial charge in [0.2, 0.25) is 10.0 Å². The molecule has 19 heavy (non-hydrogen) atoms. The molecule has 0 radical (unpaired) electrons. The van der Waals surface area contributed by atoms with Crippen LogP contribution in [0.5, 0.6) is 0 Å². The van der Waals surface area contributed by atoms with Crippen LogP contribution in [0.4, 0.5) is 0 Å². The summed E-state index contributed by atoms with van der Waals surface area (Å²) >= 11 is 4.34. The van der Waals surface area contributed by atoms with Crippen LogP contribution in [0.3, 0.4) is 0 Å². The van der Waals surface area contributed by atoms with Crippen LogP contribution >= 0.6 is 12.6 Å². The molecule has 0 spiro atoms. The number of fused-ring (bicyclic) bond motifs is 1. The Balaban J connectivity index is 2.67. The highest BCUT2D eigenvalue weighted by Crippen LogP contribution is 2.28. The molecule has 4 nitrogen and oxygen atoms in total. The summed E-state index contributed by atoms with van der Waals surface area (Å²) in [6.45, 7) is 5.41. The van der Waals surface area contributed by atoms with Crippen LogP contribution in [0, 0.1) is 0 Å². The first kappa shape index (κ1) is 14.3. The summed E-state index contributed by atoms with van der Waals surface area (Å²) in [7, 11) is -3.59. The fraction of sp³-hybridized carbons (Fsp3) is 0.308. The third-order valence-corrected chi connectivity index (χ3v) is 4.69. The van der Waals surface area contributed by atoms with Crippen molar-refractivity contribution in [3.05, 3.63) is 30.6 Å². The topological polar surface area (TPSA) is 59.1 Å². The van der Waals surface area contributed by atoms with E-state index in [1.54, 1.807) is 51.4 Å². The van der Waals surface area contributed by atoms with Crippen LogP contribution in [0.15, 0.2) is 40.4 Å². The molecular weight excluding hydrogens is 280 g/mol. The summed E-state index contributed by atoms with van der Waals surface area (Å²) in [5.74, 6) is 0. The fourth-order valence-corrected chi connectivity index (χ4v) is 3.73. The van der Waals surface area contributed by atoms with E-state index in [-0.39, 0.29) is 4.90 Å². The maximum atomic E-state index is 12.4. The number of pyridine rings is 1. The van der Waals surface area contributed by atoms with E-state index in [0.29, 0.717) is 5.39 Å². The van der Waals surface area contributed by atoms with Crippen LogP contribution in [0.25, 0.3) is 10.8 Å². The Bertz CT molecular complexity index is 719. The van der Waals surface area contributed by atoms with Crippen molar-refractivity contribution in [1.82, 2.24) is 9.71 Å². The summed E-state index contributed by atoms with van der Waals surface area (Å²) in [6, 6.07) is 5.00. The van der Waals surface area contributed by atoms with Crippen molar-refractivity contribution in [1.29, 1.82) is 0 Å². The monoisotopic (exact) mass is 296 g/mol. The van der Waals surface area contributed by atoms with E-state index in [1.807, 2.05) is 0 Å². The van der Waals surface area contributed by atoms with Crippen molar-refractivity contribution in [2.75, 3.05) is 0 Å². The number of hydrogen-bond acceptors (Lipinski definition) is 4. The van der Waals surface area contributed by atoms with Gasteiger partial charge in [0.1, 0.15) is 0 Å². The van der Waals surface area contributed by atoms with Crippen LogP contribution in [0.1, 0.15) is 20.8 Å². The predicted molar refractivity (Wildman–Crippen MR) is 79.1 cm³/mol. The lowest BCUT2D eigenvalue weighted by Gasteiger charge is -2.21. The highest BCUT2D eigenvalue weighted by Gasteiger charge is 2.24. The van der Waals surface area contributed by atoms with Gasteiger partial charge in [-0.15, -0.1) is 12.6 Å². The lowest BCUT2D eigenvalue weighted by molar-refractivity contribution is 0.492. The number of nitrogens with one attached hydrogen (secondary N) is 1. The summed E-state index contributed by atoms with van der Waals surface area (Å²) in [4.78, 5) is 4.95. The molecule has 0 atom stereocenters. The second-order valence-corrected chi connectivity index (χ2v) is 7.49. The minimum absolute atomic E-state index is 0.225. The third kappa shape index (κ3) is 3.08. The molecule has 2 aromatic rings. The first-order valence-electron chi connectivity index (χ1n) is 5.80. The number of nitrogens with zero attached hydrogens (tertiary/aromatic N) is 1. The molecular formula is C13H16N2O2S2. The van der Waals surface area contributed by atoms with Gasteiger partial charge in [-0.2, -0.15) is 0 Å². The van der Waals surface area contributed by atoms with Gasteiger partial charge >= 0.3 is 0 Å². The molecule has 0 aliphatic carbocycles. The van der Waals surface area contributed by atoms with Gasteiger partial charge in [0, 0.05) is 28.2 Å². The molecule has 2 rings (SSSR count). The number of hydrogen-bond donors (Lipinski definition) is 2. The van der Waals surface area contributed by atoms with Gasteiger partial charge < -0.3 is 0 Å². The van der Waals surface area contributed by atoms with Gasteiger partial charge in [0.05, 0.1) is 4.90 Å². The Morgan fingerprint density at radius 1 is 1.16 bits per heavy atom. The van der Waals surface area contributed by atoms with Crippen molar-refractivity contribution in [2.45, 2.75) is 36.1 Å². The highest BCUT2D eigenvalue weighted by molar-refractivity contribution is 7.89. The SMILES string of the molecule is CC(C)(C)NS(=O)(=O)c1ccc(S)c2ccncc12. The van der Waals surface area contributed by atoms with Crippen molar-refractivity contribution < 1.29 is 8.42 Å². The van der Waals surface area contributed by atoms with Gasteiger partial charge in [-0.05, 0) is 44.4 Å². The maximum Gasteiger partial charge on any atom is 0.241 e. The number of aromatic nitrogens is 1. The van der Waals surface area contributed by atoms with Gasteiger partial charge in [-0.1, -0.05) is 0 Å². The van der Waals surface area contributed by atoms with Gasteiger partial charge in [0.25, 0.3) is 0 Å². The van der Waals surface area contributed by atoms with Gasteiger partial charge in [0.15, 0.2) is 0 Å². The van der Waals surface area contributed by atoms with E-state index in [1.165, 1.54) is 0 Å². The maximum absolute atomic E-state index is 12.4. The zero-order chi connectivity index (χ0) is 14.3. The second-order valence-electron chi connectivity index (χ2n) is 5.36. The van der Waals surface area contributed by atoms with Gasteiger partial charge in [-0.3, -0.25) is 4.98 Å². The lowest BCUT2D eigenvalue weighted by Crippen LogP contribution is -2.40. The molecule has 1 heterocycles. The molecule has 0 bridgehead atoms. The average molecular weight is 296 g/mol. The van der Waals surface area contributed by atoms with Gasteiger partial charge in [-0.25, -0.2) is 13.1 Å². The Hall–Kier alpha value is -1.11. The molecule has 0 unspecified atom stereocenters. The Kier molecular flexibility index (Phi) is 3.59. The van der Waals surface area contributed by atoms with Crippen molar-refractivity contribution in [2.24, 2.45) is 0 Å². The molecule has 1 aromatic heterocycles. The summed E-state index contributed by atoms with van der Waals surface area (Å²) in [5, 5.41) is 1.35. The predicted octanol–water partition coefficient (Wildman–Crippen LogP) is 2.60. The number of rotatable bonds is 2. The molecule has 1 N–H and O–H groups in total. The number of benzene rings is 1. The Labute approximate surface area is 118 Å². The lowest BCUT2D eigenvalue weighted by atomic mass is 10.1. The zero-order valence-electron chi connectivity index (χ0n) is 11.0. The molecule has 0 saturated heterocycles. The summed E-state index contributed by atoms with van der Waals surface area (Å²) in [5.41, 5.74) is -0.535. The number of thiol groups is 1. The van der Waals surface area contributed by atoms with Crippen molar-refractivity contribution in [3.8, 4) is 0 Å². The van der Waals surface area contributed by atoms with Crippen molar-refractivity contribution in [3.63, 3.8) is 0 Å². The molecule has 102 valence electrons. The van der Waals surface area contributed by atoms with E-state index in [4.69, 9.17) is 0 Å². The highest BCUT2D eigenvalue weighted by atomic mass is 32.2. The van der Waals surface area contributed by atoms with E-state index in [0.717, 1.165) is 10.3 Å². The first-order chi connectivity index (χ1) is 8.71. The van der Waals surface area contributed by atoms with Crippen LogP contribution in [-0.2, 0) is 10.0 Å². The van der Waals surface area contributed by atoms with E-state index in [9.17, 15) is 8.42 Å². The molecule has 0 aliphatic heterocycles. The minimum Gasteiger partial charge on any atom is -0.264 e. The van der Waals surface area contributed by atoms with Crippen molar-refractivity contribution >= 4 is 33.4 Å². The summed E-state index contributed by atoms with van der Waals surface area (Å²) < 4.78 is 27.5. The Morgan fingerprint density at radius 3 is 2.47 bits per heavy atom. The number of sulfonamides is 1. The molecule has 0 aliphatic rings. The standard InChI is InChI=1S/C13H16N2O2S2/c1-13(2,3)15-19(16,17)12-5-4-11(18)9-6-7-14-8-10(9)12/h4-8,15,18H,1-3H3.